The molecule has 1 amide bonds. The summed E-state index contributed by atoms with van der Waals surface area (Å²) < 4.78 is 58.7. The summed E-state index contributed by atoms with van der Waals surface area (Å²) >= 11 is 0. The first-order chi connectivity index (χ1) is 24.5. The predicted octanol–water partition coefficient (Wildman–Crippen LogP) is 5.01. The van der Waals surface area contributed by atoms with E-state index in [1.807, 2.05) is 54.6 Å². The average Bonchev–Trinajstić information content (AvgIpc) is 3.69. The Kier molecular flexibility index (Phi) is 10.6. The molecule has 5 atom stereocenters. The molecule has 0 bridgehead atoms. The number of imidazole rings is 1. The molecule has 0 radical (unpaired) electrons. The van der Waals surface area contributed by atoms with Crippen molar-refractivity contribution in [3.8, 4) is 11.5 Å². The minimum Gasteiger partial charge on any atom is -0.497 e. The van der Waals surface area contributed by atoms with Crippen LogP contribution < -0.4 is 20.3 Å². The van der Waals surface area contributed by atoms with Crippen molar-refractivity contribution in [2.75, 3.05) is 26.1 Å². The molecule has 3 N–H and O–H groups in total. The Hall–Kier alpha value is -5.05. The number of H-pyrrole nitrogens is 1. The molecule has 1 aliphatic rings. The summed E-state index contributed by atoms with van der Waals surface area (Å²) in [6.45, 7) is 2.96. The van der Waals surface area contributed by atoms with Crippen LogP contribution in [0.2, 0.25) is 0 Å². The first-order valence-corrected chi connectivity index (χ1v) is 17.1. The summed E-state index contributed by atoms with van der Waals surface area (Å²) in [4.78, 5) is 45.9. The van der Waals surface area contributed by atoms with Gasteiger partial charge >= 0.3 is 8.25 Å². The third-order valence-corrected chi connectivity index (χ3v) is 9.01. The summed E-state index contributed by atoms with van der Waals surface area (Å²) in [5.74, 6) is 0.243. The molecular weight excluding hydrogens is 684 g/mol. The molecule has 14 nitrogen and oxygen atoms in total. The number of rotatable bonds is 13. The van der Waals surface area contributed by atoms with Crippen molar-refractivity contribution in [1.82, 2.24) is 19.5 Å². The fraction of sp³-hybridized carbons (Fsp3) is 0.314. The van der Waals surface area contributed by atoms with Gasteiger partial charge in [-0.1, -0.05) is 68.4 Å². The van der Waals surface area contributed by atoms with E-state index in [-0.39, 0.29) is 23.7 Å². The number of carbonyl (C=O) groups excluding carboxylic acids is 1. The van der Waals surface area contributed by atoms with Crippen LogP contribution in [0.3, 0.4) is 0 Å². The van der Waals surface area contributed by atoms with Crippen LogP contribution >= 0.6 is 8.25 Å². The van der Waals surface area contributed by atoms with E-state index >= 15 is 4.39 Å². The van der Waals surface area contributed by atoms with Crippen molar-refractivity contribution in [2.45, 2.75) is 44.1 Å². The zero-order chi connectivity index (χ0) is 36.3. The number of hydrogen-bond donors (Lipinski definition) is 3. The van der Waals surface area contributed by atoms with Crippen molar-refractivity contribution in [3.05, 3.63) is 112 Å². The summed E-state index contributed by atoms with van der Waals surface area (Å²) in [5, 5.41) is 2.53. The minimum absolute atomic E-state index is 0.0755. The Labute approximate surface area is 292 Å². The molecule has 0 saturated carbocycles. The number of benzene rings is 3. The number of ether oxygens (including phenoxy) is 4. The van der Waals surface area contributed by atoms with Gasteiger partial charge in [0.05, 0.1) is 27.2 Å². The Bertz CT molecular complexity index is 2010. The number of aromatic amines is 1. The zero-order valence-electron chi connectivity index (χ0n) is 28.1. The summed E-state index contributed by atoms with van der Waals surface area (Å²) in [6.07, 6.45) is -5.23. The lowest BCUT2D eigenvalue weighted by Crippen LogP contribution is -2.38. The Morgan fingerprint density at radius 2 is 1.61 bits per heavy atom. The topological polar surface area (TPSA) is 176 Å². The predicted molar refractivity (Wildman–Crippen MR) is 183 cm³/mol. The number of nitrogens with zero attached hydrogens (tertiary/aromatic N) is 3. The van der Waals surface area contributed by atoms with E-state index < -0.39 is 55.8 Å². The number of nitrogens with one attached hydrogen (secondary N) is 2. The largest absolute Gasteiger partial charge is 0.695 e. The maximum atomic E-state index is 16.5. The number of alkyl halides is 1. The molecule has 2 aromatic heterocycles. The van der Waals surface area contributed by atoms with Crippen LogP contribution in [0.15, 0.2) is 90.0 Å². The fourth-order valence-corrected chi connectivity index (χ4v) is 6.41. The average molecular weight is 721 g/mol. The molecule has 51 heavy (non-hydrogen) atoms. The molecule has 6 rings (SSSR count). The van der Waals surface area contributed by atoms with Crippen molar-refractivity contribution in [1.29, 1.82) is 0 Å². The maximum absolute atomic E-state index is 16.5. The standard InChI is InChI=1S/C35H35FN5O9P/c1-20(2)31(42)39-34-38-30-28(32(43)40-34)37-19-41(30)33-29(50-51(44)45)27(36)26(49-33)18-48-35(21-8-6-5-7-9-21,22-10-14-24(46-3)15-11-22)23-12-16-25(47-4)17-13-23/h5-17,19-20,26-27,29,33H,18H2,1-4H3,(H2-,38,39,40,42,43,44,45)/p+1/t26-,27+,29-,33-/m1/s1. The number of carbonyl (C=O) groups is 1. The van der Waals surface area contributed by atoms with Gasteiger partial charge in [0.15, 0.2) is 29.7 Å². The monoisotopic (exact) mass is 720 g/mol. The second-order valence-electron chi connectivity index (χ2n) is 12.0. The van der Waals surface area contributed by atoms with Gasteiger partial charge in [0.25, 0.3) is 5.56 Å². The van der Waals surface area contributed by atoms with E-state index in [4.69, 9.17) is 23.5 Å². The van der Waals surface area contributed by atoms with E-state index in [1.165, 1.54) is 10.9 Å². The smallest absolute Gasteiger partial charge is 0.497 e. The van der Waals surface area contributed by atoms with E-state index in [9.17, 15) is 19.0 Å². The van der Waals surface area contributed by atoms with Gasteiger partial charge in [-0.2, -0.15) is 4.98 Å². The first-order valence-electron chi connectivity index (χ1n) is 15.9. The van der Waals surface area contributed by atoms with Crippen LogP contribution in [-0.4, -0.2) is 69.5 Å². The van der Waals surface area contributed by atoms with Gasteiger partial charge in [0, 0.05) is 10.5 Å². The highest BCUT2D eigenvalue weighted by Crippen LogP contribution is 2.44. The minimum atomic E-state index is -3.30. The molecule has 3 aromatic carbocycles. The Morgan fingerprint density at radius 1 is 1.02 bits per heavy atom. The molecule has 1 aliphatic heterocycles. The lowest BCUT2D eigenvalue weighted by atomic mass is 9.80. The molecule has 5 aromatic rings. The van der Waals surface area contributed by atoms with Crippen LogP contribution in [0.1, 0.15) is 36.8 Å². The highest BCUT2D eigenvalue weighted by atomic mass is 31.1. The molecule has 1 unspecified atom stereocenters. The van der Waals surface area contributed by atoms with Gasteiger partial charge in [-0.15, -0.1) is 9.42 Å². The molecule has 1 saturated heterocycles. The van der Waals surface area contributed by atoms with Crippen LogP contribution in [0, 0.1) is 5.92 Å². The van der Waals surface area contributed by atoms with Gasteiger partial charge in [0.1, 0.15) is 23.2 Å². The number of hydrogen-bond acceptors (Lipinski definition) is 10. The zero-order valence-corrected chi connectivity index (χ0v) is 29.0. The number of halogens is 1. The van der Waals surface area contributed by atoms with Gasteiger partial charge in [-0.25, -0.2) is 9.37 Å². The van der Waals surface area contributed by atoms with Gasteiger partial charge in [-0.05, 0) is 41.0 Å². The number of amides is 1. The van der Waals surface area contributed by atoms with Crippen molar-refractivity contribution >= 4 is 31.3 Å². The van der Waals surface area contributed by atoms with E-state index in [1.54, 1.807) is 52.3 Å². The quantitative estimate of drug-likeness (QED) is 0.110. The van der Waals surface area contributed by atoms with E-state index in [0.29, 0.717) is 22.6 Å². The van der Waals surface area contributed by atoms with Gasteiger partial charge < -0.3 is 18.9 Å². The second-order valence-corrected chi connectivity index (χ2v) is 12.7. The molecule has 0 aliphatic carbocycles. The molecule has 0 spiro atoms. The fourth-order valence-electron chi connectivity index (χ4n) is 5.98. The third-order valence-electron chi connectivity index (χ3n) is 8.59. The number of fused-ring (bicyclic) bond motifs is 1. The lowest BCUT2D eigenvalue weighted by molar-refractivity contribution is -0.118. The number of methoxy groups -OCH3 is 2. The van der Waals surface area contributed by atoms with E-state index in [2.05, 4.69) is 20.3 Å². The van der Waals surface area contributed by atoms with Crippen LogP contribution in [0.5, 0.6) is 11.5 Å². The third kappa shape index (κ3) is 7.12. The summed E-state index contributed by atoms with van der Waals surface area (Å²) in [7, 11) is -0.177. The normalized spacial score (nSPS) is 19.3. The van der Waals surface area contributed by atoms with E-state index in [0.717, 1.165) is 5.56 Å². The Morgan fingerprint density at radius 3 is 2.16 bits per heavy atom. The van der Waals surface area contributed by atoms with Crippen molar-refractivity contribution in [3.63, 3.8) is 0 Å². The molecule has 1 fully saturated rings. The Balaban J connectivity index is 1.40. The molecule has 3 heterocycles. The van der Waals surface area contributed by atoms with Gasteiger partial charge in [-0.3, -0.25) is 24.5 Å². The second kappa shape index (κ2) is 15.1. The molecule has 266 valence electrons. The SMILES string of the molecule is COc1ccc(C(OC[C@H]2O[C@@H](n3cnc4c(=O)[nH]c(NC(=O)C(C)C)nc43)[C@H](O[P+](=O)O)[C@H]2F)(c2ccccc2)c2ccc(OC)cc2)cc1. The maximum Gasteiger partial charge on any atom is 0.695 e. The van der Waals surface area contributed by atoms with Crippen molar-refractivity contribution < 1.29 is 42.1 Å². The van der Waals surface area contributed by atoms with Crippen LogP contribution in [-0.2, 0) is 29.0 Å². The van der Waals surface area contributed by atoms with Gasteiger partial charge in [0.2, 0.25) is 11.9 Å². The first kappa shape index (κ1) is 35.8. The number of anilines is 1. The molecule has 16 heteroatoms. The number of aromatic nitrogens is 4. The lowest BCUT2D eigenvalue weighted by Gasteiger charge is -2.37. The van der Waals surface area contributed by atoms with Crippen LogP contribution in [0.4, 0.5) is 10.3 Å². The van der Waals surface area contributed by atoms with Crippen LogP contribution in [0.25, 0.3) is 11.2 Å². The van der Waals surface area contributed by atoms with Crippen molar-refractivity contribution in [2.24, 2.45) is 5.92 Å². The highest BCUT2D eigenvalue weighted by molar-refractivity contribution is 7.32. The highest BCUT2D eigenvalue weighted by Gasteiger charge is 2.53. The summed E-state index contributed by atoms with van der Waals surface area (Å²) in [5.41, 5.74) is -0.105. The molecular formula is C35H36FN5O9P+. The summed E-state index contributed by atoms with van der Waals surface area (Å²) in [6, 6.07) is 23.9.